The summed E-state index contributed by atoms with van der Waals surface area (Å²) < 4.78 is 2.13. The fourth-order valence-corrected chi connectivity index (χ4v) is 4.02. The lowest BCUT2D eigenvalue weighted by Gasteiger charge is -2.39. The van der Waals surface area contributed by atoms with Gasteiger partial charge in [0.25, 0.3) is 0 Å². The van der Waals surface area contributed by atoms with E-state index in [0.717, 1.165) is 33.5 Å². The van der Waals surface area contributed by atoms with Gasteiger partial charge >= 0.3 is 6.03 Å². The molecule has 2 heterocycles. The molecule has 5 nitrogen and oxygen atoms in total. The molecule has 0 fully saturated rings. The zero-order valence-corrected chi connectivity index (χ0v) is 16.0. The maximum Gasteiger partial charge on any atom is 0.330 e. The highest BCUT2D eigenvalue weighted by Gasteiger charge is 2.39. The Morgan fingerprint density at radius 3 is 2.58 bits per heavy atom. The minimum atomic E-state index is -0.213. The highest BCUT2D eigenvalue weighted by molar-refractivity contribution is 6.31. The van der Waals surface area contributed by atoms with Crippen LogP contribution in [-0.4, -0.2) is 29.6 Å². The van der Waals surface area contributed by atoms with Gasteiger partial charge < -0.3 is 9.47 Å². The molecule has 0 bridgehead atoms. The number of hydrogen-bond donors (Lipinski definition) is 1. The summed E-state index contributed by atoms with van der Waals surface area (Å²) in [5, 5.41) is 4.89. The summed E-state index contributed by atoms with van der Waals surface area (Å²) in [5.41, 5.74) is 4.92. The van der Waals surface area contributed by atoms with Crippen molar-refractivity contribution in [1.29, 1.82) is 0 Å². The largest absolute Gasteiger partial charge is 0.343 e. The van der Waals surface area contributed by atoms with E-state index in [-0.39, 0.29) is 12.2 Å². The van der Waals surface area contributed by atoms with Crippen molar-refractivity contribution in [2.45, 2.75) is 13.1 Å². The van der Waals surface area contributed by atoms with Gasteiger partial charge in [0.15, 0.2) is 0 Å². The second kappa shape index (κ2) is 6.04. The van der Waals surface area contributed by atoms with Crippen molar-refractivity contribution < 1.29 is 4.79 Å². The Morgan fingerprint density at radius 2 is 1.88 bits per heavy atom. The summed E-state index contributed by atoms with van der Waals surface area (Å²) in [7, 11) is 5.71. The quantitative estimate of drug-likeness (QED) is 0.720. The summed E-state index contributed by atoms with van der Waals surface area (Å²) in [6.45, 7) is 2.03. The number of aryl methyl sites for hydroxylation is 2. The number of nitrogens with one attached hydrogen (secondary N) is 1. The third-order valence-corrected chi connectivity index (χ3v) is 5.31. The maximum absolute atomic E-state index is 13.3. The number of rotatable bonds is 2. The molecule has 26 heavy (non-hydrogen) atoms. The molecule has 1 atom stereocenters. The van der Waals surface area contributed by atoms with Gasteiger partial charge in [-0.2, -0.15) is 0 Å². The smallest absolute Gasteiger partial charge is 0.330 e. The Hall–Kier alpha value is -2.50. The van der Waals surface area contributed by atoms with Crippen LogP contribution in [0.2, 0.25) is 5.02 Å². The average molecular weight is 369 g/mol. The second-order valence-corrected chi connectivity index (χ2v) is 7.15. The van der Waals surface area contributed by atoms with Gasteiger partial charge in [-0.05, 0) is 49.9 Å². The average Bonchev–Trinajstić information content (AvgIpc) is 2.88. The zero-order chi connectivity index (χ0) is 18.6. The van der Waals surface area contributed by atoms with Gasteiger partial charge in [-0.15, -0.1) is 0 Å². The van der Waals surface area contributed by atoms with Gasteiger partial charge in [0.2, 0.25) is 0 Å². The van der Waals surface area contributed by atoms with E-state index in [1.165, 1.54) is 0 Å². The third-order valence-electron chi connectivity index (χ3n) is 5.08. The van der Waals surface area contributed by atoms with Crippen LogP contribution in [0.15, 0.2) is 42.5 Å². The number of fused-ring (bicyclic) bond motifs is 3. The standard InChI is InChI=1S/C20H21ClN4O/c1-12-6-5-7-14(10-12)25-17-15-11-13(21)8-9-16(15)23(3)18(17)19(22-2)24(4)20(25)26/h5-11,19,22H,1-4H3. The molecule has 1 aromatic heterocycles. The lowest BCUT2D eigenvalue weighted by Crippen LogP contribution is -2.49. The van der Waals surface area contributed by atoms with Gasteiger partial charge in [0.1, 0.15) is 6.17 Å². The maximum atomic E-state index is 13.3. The molecule has 0 spiro atoms. The van der Waals surface area contributed by atoms with E-state index in [2.05, 4.69) is 9.88 Å². The van der Waals surface area contributed by atoms with Crippen LogP contribution < -0.4 is 10.2 Å². The van der Waals surface area contributed by atoms with Gasteiger partial charge in [0.05, 0.1) is 22.6 Å². The predicted molar refractivity (Wildman–Crippen MR) is 106 cm³/mol. The van der Waals surface area contributed by atoms with Crippen molar-refractivity contribution >= 4 is 39.9 Å². The van der Waals surface area contributed by atoms with Crippen molar-refractivity contribution in [2.75, 3.05) is 19.0 Å². The van der Waals surface area contributed by atoms with Crippen LogP contribution in [0.25, 0.3) is 10.9 Å². The van der Waals surface area contributed by atoms with Crippen LogP contribution in [0.4, 0.5) is 16.2 Å². The number of anilines is 2. The molecular formula is C20H21ClN4O. The Labute approximate surface area is 157 Å². The van der Waals surface area contributed by atoms with Gasteiger partial charge in [-0.1, -0.05) is 23.7 Å². The lowest BCUT2D eigenvalue weighted by atomic mass is 10.1. The third kappa shape index (κ3) is 2.31. The monoisotopic (exact) mass is 368 g/mol. The molecule has 2 amide bonds. The molecule has 2 aromatic carbocycles. The van der Waals surface area contributed by atoms with Crippen LogP contribution in [0, 0.1) is 6.92 Å². The van der Waals surface area contributed by atoms with Crippen LogP contribution in [0.3, 0.4) is 0 Å². The first-order chi connectivity index (χ1) is 12.4. The van der Waals surface area contributed by atoms with Gasteiger partial charge in [-0.25, -0.2) is 4.79 Å². The predicted octanol–water partition coefficient (Wildman–Crippen LogP) is 4.56. The van der Waals surface area contributed by atoms with E-state index in [1.54, 1.807) is 9.80 Å². The Kier molecular flexibility index (Phi) is 3.93. The van der Waals surface area contributed by atoms with Crippen LogP contribution in [0.5, 0.6) is 0 Å². The van der Waals surface area contributed by atoms with E-state index in [1.807, 2.05) is 70.5 Å². The molecule has 0 aliphatic carbocycles. The Balaban J connectivity index is 2.09. The molecule has 1 aliphatic heterocycles. The number of carbonyl (C=O) groups is 1. The van der Waals surface area contributed by atoms with Crippen molar-refractivity contribution in [1.82, 2.24) is 14.8 Å². The van der Waals surface area contributed by atoms with Gasteiger partial charge in [0, 0.05) is 24.5 Å². The van der Waals surface area contributed by atoms with Crippen LogP contribution in [-0.2, 0) is 7.05 Å². The summed E-state index contributed by atoms with van der Waals surface area (Å²) in [5.74, 6) is 0. The molecule has 0 saturated carbocycles. The highest BCUT2D eigenvalue weighted by atomic mass is 35.5. The minimum absolute atomic E-state index is 0.0741. The molecule has 1 unspecified atom stereocenters. The van der Waals surface area contributed by atoms with E-state index in [9.17, 15) is 4.79 Å². The first-order valence-corrected chi connectivity index (χ1v) is 8.90. The van der Waals surface area contributed by atoms with Crippen molar-refractivity contribution in [3.05, 3.63) is 58.7 Å². The van der Waals surface area contributed by atoms with E-state index in [0.29, 0.717) is 5.02 Å². The molecule has 4 rings (SSSR count). The number of aromatic nitrogens is 1. The molecule has 3 aromatic rings. The molecule has 0 radical (unpaired) electrons. The summed E-state index contributed by atoms with van der Waals surface area (Å²) in [4.78, 5) is 16.8. The fraction of sp³-hybridized carbons (Fsp3) is 0.250. The molecule has 6 heteroatoms. The number of amides is 2. The first-order valence-electron chi connectivity index (χ1n) is 8.52. The number of urea groups is 1. The van der Waals surface area contributed by atoms with E-state index in [4.69, 9.17) is 11.6 Å². The normalized spacial score (nSPS) is 17.1. The molecule has 134 valence electrons. The van der Waals surface area contributed by atoms with Crippen molar-refractivity contribution in [3.63, 3.8) is 0 Å². The van der Waals surface area contributed by atoms with Crippen LogP contribution >= 0.6 is 11.6 Å². The minimum Gasteiger partial charge on any atom is -0.343 e. The molecular weight excluding hydrogens is 348 g/mol. The lowest BCUT2D eigenvalue weighted by molar-refractivity contribution is 0.183. The number of carbonyl (C=O) groups excluding carboxylic acids is 1. The summed E-state index contributed by atoms with van der Waals surface area (Å²) in [6.07, 6.45) is -0.213. The molecule has 0 saturated heterocycles. The second-order valence-electron chi connectivity index (χ2n) is 6.71. The Bertz CT molecular complexity index is 1030. The molecule has 1 N–H and O–H groups in total. The highest BCUT2D eigenvalue weighted by Crippen LogP contribution is 2.45. The number of hydrogen-bond acceptors (Lipinski definition) is 2. The fourth-order valence-electron chi connectivity index (χ4n) is 3.85. The van der Waals surface area contributed by atoms with Gasteiger partial charge in [-0.3, -0.25) is 10.2 Å². The van der Waals surface area contributed by atoms with E-state index < -0.39 is 0 Å². The summed E-state index contributed by atoms with van der Waals surface area (Å²) in [6, 6.07) is 13.7. The Morgan fingerprint density at radius 1 is 1.12 bits per heavy atom. The van der Waals surface area contributed by atoms with Crippen LogP contribution in [0.1, 0.15) is 17.4 Å². The number of nitrogens with zero attached hydrogens (tertiary/aromatic N) is 3. The topological polar surface area (TPSA) is 40.5 Å². The van der Waals surface area contributed by atoms with Crippen molar-refractivity contribution in [3.8, 4) is 0 Å². The number of halogens is 1. The van der Waals surface area contributed by atoms with E-state index >= 15 is 0 Å². The van der Waals surface area contributed by atoms with Crippen molar-refractivity contribution in [2.24, 2.45) is 7.05 Å². The zero-order valence-electron chi connectivity index (χ0n) is 15.2. The molecule has 1 aliphatic rings. The first kappa shape index (κ1) is 16.9. The summed E-state index contributed by atoms with van der Waals surface area (Å²) >= 11 is 6.29. The SMILES string of the molecule is CNC1c2c(c3cc(Cl)ccc3n2C)N(c2cccc(C)c2)C(=O)N1C. The number of benzene rings is 2.